The second kappa shape index (κ2) is 7.42. The number of rotatable bonds is 4. The van der Waals surface area contributed by atoms with Gasteiger partial charge < -0.3 is 5.11 Å². The summed E-state index contributed by atoms with van der Waals surface area (Å²) in [6.07, 6.45) is -6.24. The van der Waals surface area contributed by atoms with Crippen molar-refractivity contribution in [3.63, 3.8) is 0 Å². The van der Waals surface area contributed by atoms with E-state index in [1.54, 1.807) is 6.07 Å². The first-order chi connectivity index (χ1) is 12.0. The van der Waals surface area contributed by atoms with Gasteiger partial charge in [-0.2, -0.15) is 13.2 Å². The Bertz CT molecular complexity index is 801. The summed E-state index contributed by atoms with van der Waals surface area (Å²) in [5, 5.41) is 9.23. The predicted molar refractivity (Wildman–Crippen MR) is 86.6 cm³/mol. The molecule has 0 aliphatic heterocycles. The van der Waals surface area contributed by atoms with Crippen LogP contribution in [0.4, 0.5) is 17.6 Å². The first kappa shape index (κ1) is 19.9. The number of carbonyl (C=O) groups is 2. The van der Waals surface area contributed by atoms with Gasteiger partial charge in [-0.05, 0) is 36.8 Å². The molecule has 140 valence electrons. The molecule has 26 heavy (non-hydrogen) atoms. The quantitative estimate of drug-likeness (QED) is 0.555. The summed E-state index contributed by atoms with van der Waals surface area (Å²) in [6, 6.07) is 8.66. The zero-order valence-electron chi connectivity index (χ0n) is 13.4. The maximum atomic E-state index is 12.9. The second-order valence-corrected chi connectivity index (χ2v) is 6.71. The lowest BCUT2D eigenvalue weighted by Crippen LogP contribution is -2.49. The number of hydrogen-bond acceptors (Lipinski definition) is 4. The van der Waals surface area contributed by atoms with Gasteiger partial charge in [0.15, 0.2) is 5.60 Å². The van der Waals surface area contributed by atoms with Gasteiger partial charge in [0.1, 0.15) is 5.82 Å². The molecule has 5 nitrogen and oxygen atoms in total. The van der Waals surface area contributed by atoms with Crippen molar-refractivity contribution in [2.75, 3.05) is 0 Å². The fourth-order valence-electron chi connectivity index (χ4n) is 1.87. The monoisotopic (exact) mass is 390 g/mol. The normalized spacial score (nSPS) is 13.8. The van der Waals surface area contributed by atoms with E-state index < -0.39 is 35.8 Å². The predicted octanol–water partition coefficient (Wildman–Crippen LogP) is 3.02. The SMILES string of the molecule is C[C@@](O)(CC(=O)NNC(=O)c1ccc(-c2ccc(F)cc2)s1)C(F)(F)F. The van der Waals surface area contributed by atoms with E-state index in [1.807, 2.05) is 10.9 Å². The molecule has 0 spiro atoms. The maximum Gasteiger partial charge on any atom is 0.417 e. The minimum absolute atomic E-state index is 0.187. The molecule has 2 amide bonds. The zero-order valence-corrected chi connectivity index (χ0v) is 14.2. The minimum Gasteiger partial charge on any atom is -0.380 e. The summed E-state index contributed by atoms with van der Waals surface area (Å²) in [6.45, 7) is 0.461. The van der Waals surface area contributed by atoms with Crippen LogP contribution in [0.1, 0.15) is 23.0 Å². The average molecular weight is 390 g/mol. The van der Waals surface area contributed by atoms with E-state index in [0.29, 0.717) is 17.4 Å². The number of thiophene rings is 1. The summed E-state index contributed by atoms with van der Waals surface area (Å²) in [4.78, 5) is 24.3. The van der Waals surface area contributed by atoms with Crippen molar-refractivity contribution in [2.45, 2.75) is 25.1 Å². The molecule has 0 fully saturated rings. The van der Waals surface area contributed by atoms with Crippen LogP contribution >= 0.6 is 11.3 Å². The van der Waals surface area contributed by atoms with Gasteiger partial charge in [-0.1, -0.05) is 12.1 Å². The zero-order chi connectivity index (χ0) is 19.5. The van der Waals surface area contributed by atoms with Crippen LogP contribution in [0.3, 0.4) is 0 Å². The molecule has 2 rings (SSSR count). The Balaban J connectivity index is 1.94. The third kappa shape index (κ3) is 4.79. The highest BCUT2D eigenvalue weighted by Gasteiger charge is 2.51. The molecule has 1 aromatic carbocycles. The van der Waals surface area contributed by atoms with Crippen molar-refractivity contribution in [3.05, 3.63) is 47.1 Å². The minimum atomic E-state index is -4.98. The lowest BCUT2D eigenvalue weighted by atomic mass is 10.0. The molecule has 2 aromatic rings. The number of hydrazine groups is 1. The highest BCUT2D eigenvalue weighted by atomic mass is 32.1. The van der Waals surface area contributed by atoms with Gasteiger partial charge in [0.05, 0.1) is 11.3 Å². The smallest absolute Gasteiger partial charge is 0.380 e. The van der Waals surface area contributed by atoms with E-state index in [-0.39, 0.29) is 4.88 Å². The molecular formula is C16H14F4N2O3S. The maximum absolute atomic E-state index is 12.9. The third-order valence-electron chi connectivity index (χ3n) is 3.39. The van der Waals surface area contributed by atoms with Crippen LogP contribution in [0.25, 0.3) is 10.4 Å². The van der Waals surface area contributed by atoms with E-state index in [2.05, 4.69) is 0 Å². The topological polar surface area (TPSA) is 78.4 Å². The van der Waals surface area contributed by atoms with Crippen LogP contribution in [-0.4, -0.2) is 28.7 Å². The van der Waals surface area contributed by atoms with Crippen LogP contribution in [-0.2, 0) is 4.79 Å². The first-order valence-electron chi connectivity index (χ1n) is 7.24. The van der Waals surface area contributed by atoms with Crippen LogP contribution in [0.15, 0.2) is 36.4 Å². The van der Waals surface area contributed by atoms with Crippen molar-refractivity contribution in [2.24, 2.45) is 0 Å². The highest BCUT2D eigenvalue weighted by molar-refractivity contribution is 7.17. The molecule has 1 heterocycles. The van der Waals surface area contributed by atoms with Crippen LogP contribution in [0, 0.1) is 5.82 Å². The molecule has 10 heteroatoms. The number of hydrogen-bond donors (Lipinski definition) is 3. The molecule has 1 atom stereocenters. The number of alkyl halides is 3. The Kier molecular flexibility index (Phi) is 5.67. The van der Waals surface area contributed by atoms with E-state index in [0.717, 1.165) is 11.3 Å². The number of amides is 2. The second-order valence-electron chi connectivity index (χ2n) is 5.62. The van der Waals surface area contributed by atoms with Crippen LogP contribution in [0.5, 0.6) is 0 Å². The fourth-order valence-corrected chi connectivity index (χ4v) is 2.78. The highest BCUT2D eigenvalue weighted by Crippen LogP contribution is 2.32. The van der Waals surface area contributed by atoms with E-state index >= 15 is 0 Å². The summed E-state index contributed by atoms with van der Waals surface area (Å²) in [5.41, 5.74) is 1.28. The number of halogens is 4. The molecule has 0 unspecified atom stereocenters. The van der Waals surface area contributed by atoms with Gasteiger partial charge in [-0.15, -0.1) is 11.3 Å². The fraction of sp³-hybridized carbons (Fsp3) is 0.250. The summed E-state index contributed by atoms with van der Waals surface area (Å²) >= 11 is 1.05. The van der Waals surface area contributed by atoms with Gasteiger partial charge in [0, 0.05) is 4.88 Å². The largest absolute Gasteiger partial charge is 0.417 e. The number of aliphatic hydroxyl groups is 1. The Morgan fingerprint density at radius 1 is 1.08 bits per heavy atom. The standard InChI is InChI=1S/C16H14F4N2O3S/c1-15(25,16(18,19)20)8-13(23)21-22-14(24)12-7-6-11(26-12)9-2-4-10(17)5-3-9/h2-7,25H,8H2,1H3,(H,21,23)(H,22,24)/t15-/m1/s1. The van der Waals surface area contributed by atoms with Crippen molar-refractivity contribution in [1.82, 2.24) is 10.9 Å². The molecular weight excluding hydrogens is 376 g/mol. The molecule has 0 saturated heterocycles. The van der Waals surface area contributed by atoms with Crippen molar-refractivity contribution in [3.8, 4) is 10.4 Å². The van der Waals surface area contributed by atoms with Gasteiger partial charge in [-0.3, -0.25) is 20.4 Å². The van der Waals surface area contributed by atoms with Gasteiger partial charge >= 0.3 is 6.18 Å². The van der Waals surface area contributed by atoms with Gasteiger partial charge in [0.2, 0.25) is 5.91 Å². The Hall–Kier alpha value is -2.46. The van der Waals surface area contributed by atoms with Crippen LogP contribution < -0.4 is 10.9 Å². The molecule has 0 aliphatic carbocycles. The third-order valence-corrected chi connectivity index (χ3v) is 4.52. The molecule has 0 aliphatic rings. The van der Waals surface area contributed by atoms with Crippen molar-refractivity contribution < 1.29 is 32.3 Å². The average Bonchev–Trinajstić information content (AvgIpc) is 3.02. The molecule has 0 bridgehead atoms. The number of carbonyl (C=O) groups excluding carboxylic acids is 2. The van der Waals surface area contributed by atoms with Gasteiger partial charge in [0.25, 0.3) is 5.91 Å². The molecule has 0 radical (unpaired) electrons. The summed E-state index contributed by atoms with van der Waals surface area (Å²) < 4.78 is 50.4. The Labute approximate surface area is 149 Å². The Morgan fingerprint density at radius 2 is 1.69 bits per heavy atom. The van der Waals surface area contributed by atoms with E-state index in [4.69, 9.17) is 0 Å². The van der Waals surface area contributed by atoms with E-state index in [9.17, 15) is 32.3 Å². The summed E-state index contributed by atoms with van der Waals surface area (Å²) in [5.74, 6) is -2.33. The lowest BCUT2D eigenvalue weighted by molar-refractivity contribution is -0.253. The van der Waals surface area contributed by atoms with Crippen molar-refractivity contribution in [1.29, 1.82) is 0 Å². The number of nitrogens with one attached hydrogen (secondary N) is 2. The Morgan fingerprint density at radius 3 is 2.27 bits per heavy atom. The molecule has 0 saturated carbocycles. The summed E-state index contributed by atoms with van der Waals surface area (Å²) in [7, 11) is 0. The molecule has 1 aromatic heterocycles. The number of benzene rings is 1. The van der Waals surface area contributed by atoms with Crippen LogP contribution in [0.2, 0.25) is 0 Å². The lowest BCUT2D eigenvalue weighted by Gasteiger charge is -2.25. The first-order valence-corrected chi connectivity index (χ1v) is 8.05. The van der Waals surface area contributed by atoms with Gasteiger partial charge in [-0.25, -0.2) is 4.39 Å². The van der Waals surface area contributed by atoms with Crippen molar-refractivity contribution >= 4 is 23.2 Å². The molecule has 3 N–H and O–H groups in total. The van der Waals surface area contributed by atoms with E-state index in [1.165, 1.54) is 30.3 Å².